The second-order valence-electron chi connectivity index (χ2n) is 6.89. The van der Waals surface area contributed by atoms with E-state index in [0.29, 0.717) is 17.4 Å². The Labute approximate surface area is 186 Å². The van der Waals surface area contributed by atoms with Gasteiger partial charge in [0, 0.05) is 24.0 Å². The van der Waals surface area contributed by atoms with Crippen LogP contribution in [0.2, 0.25) is 5.02 Å². The van der Waals surface area contributed by atoms with E-state index in [-0.39, 0.29) is 21.8 Å². The van der Waals surface area contributed by atoms with Gasteiger partial charge < -0.3 is 9.84 Å². The molecule has 1 amide bonds. The van der Waals surface area contributed by atoms with Crippen molar-refractivity contribution in [2.45, 2.75) is 6.04 Å². The number of hydrogen-bond donors (Lipinski definition) is 1. The normalized spacial score (nSPS) is 17.6. The van der Waals surface area contributed by atoms with Crippen LogP contribution in [0.1, 0.15) is 17.2 Å². The molecule has 6 nitrogen and oxygen atoms in total. The molecular weight excluding hydrogens is 442 g/mol. The number of methoxy groups -OCH3 is 1. The van der Waals surface area contributed by atoms with Gasteiger partial charge in [0.05, 0.1) is 29.4 Å². The van der Waals surface area contributed by atoms with Crippen LogP contribution >= 0.6 is 11.6 Å². The SMILES string of the molecule is COc1ccc(Cl)c(/C(O)=C2\C(=O)C(=O)N(c3ccc(F)cc3F)C2c2ccncc2)c1. The van der Waals surface area contributed by atoms with Crippen LogP contribution in [0.25, 0.3) is 5.76 Å². The summed E-state index contributed by atoms with van der Waals surface area (Å²) in [7, 11) is 1.42. The van der Waals surface area contributed by atoms with Crippen LogP contribution in [0.4, 0.5) is 14.5 Å². The summed E-state index contributed by atoms with van der Waals surface area (Å²) in [6.45, 7) is 0. The Balaban J connectivity index is 1.99. The number of halogens is 3. The third-order valence-electron chi connectivity index (χ3n) is 5.06. The Hall–Kier alpha value is -3.78. The van der Waals surface area contributed by atoms with E-state index in [0.717, 1.165) is 17.0 Å². The molecule has 1 fully saturated rings. The Bertz CT molecular complexity index is 1260. The van der Waals surface area contributed by atoms with Gasteiger partial charge in [0.15, 0.2) is 0 Å². The van der Waals surface area contributed by atoms with Gasteiger partial charge in [-0.05, 0) is 48.0 Å². The molecule has 1 aromatic heterocycles. The van der Waals surface area contributed by atoms with Crippen molar-refractivity contribution >= 4 is 34.7 Å². The van der Waals surface area contributed by atoms with Gasteiger partial charge in [-0.1, -0.05) is 11.6 Å². The van der Waals surface area contributed by atoms with Crippen molar-refractivity contribution in [1.82, 2.24) is 4.98 Å². The predicted octanol–water partition coefficient (Wildman–Crippen LogP) is 4.65. The van der Waals surface area contributed by atoms with Crippen LogP contribution in [0.15, 0.2) is 66.5 Å². The monoisotopic (exact) mass is 456 g/mol. The molecule has 1 unspecified atom stereocenters. The summed E-state index contributed by atoms with van der Waals surface area (Å²) in [4.78, 5) is 30.8. The summed E-state index contributed by atoms with van der Waals surface area (Å²) < 4.78 is 33.3. The fourth-order valence-electron chi connectivity index (χ4n) is 3.58. The number of carbonyl (C=O) groups excluding carboxylic acids is 2. The summed E-state index contributed by atoms with van der Waals surface area (Å²) >= 11 is 6.23. The van der Waals surface area contributed by atoms with Crippen molar-refractivity contribution in [2.24, 2.45) is 0 Å². The van der Waals surface area contributed by atoms with Crippen LogP contribution in [0, 0.1) is 11.6 Å². The number of aromatic nitrogens is 1. The maximum Gasteiger partial charge on any atom is 0.300 e. The molecule has 3 aromatic rings. The second kappa shape index (κ2) is 8.39. The van der Waals surface area contributed by atoms with Crippen molar-refractivity contribution < 1.29 is 28.2 Å². The molecule has 2 heterocycles. The molecule has 32 heavy (non-hydrogen) atoms. The van der Waals surface area contributed by atoms with E-state index < -0.39 is 35.1 Å². The minimum atomic E-state index is -1.21. The lowest BCUT2D eigenvalue weighted by Gasteiger charge is -2.25. The molecule has 1 aliphatic heterocycles. The molecule has 0 bridgehead atoms. The summed E-state index contributed by atoms with van der Waals surface area (Å²) in [6, 6.07) is 8.91. The molecule has 0 spiro atoms. The number of hydrogen-bond acceptors (Lipinski definition) is 5. The average Bonchev–Trinajstić information content (AvgIpc) is 3.05. The summed E-state index contributed by atoms with van der Waals surface area (Å²) in [5.74, 6) is -4.21. The molecule has 1 saturated heterocycles. The van der Waals surface area contributed by atoms with Gasteiger partial charge in [0.25, 0.3) is 11.7 Å². The van der Waals surface area contributed by atoms with E-state index in [2.05, 4.69) is 4.98 Å². The van der Waals surface area contributed by atoms with Crippen molar-refractivity contribution in [3.05, 3.63) is 94.3 Å². The van der Waals surface area contributed by atoms with E-state index in [1.54, 1.807) is 6.07 Å². The van der Waals surface area contributed by atoms with Gasteiger partial charge in [-0.25, -0.2) is 8.78 Å². The van der Waals surface area contributed by atoms with E-state index in [1.807, 2.05) is 0 Å². The molecule has 1 atom stereocenters. The van der Waals surface area contributed by atoms with Gasteiger partial charge in [-0.3, -0.25) is 19.5 Å². The lowest BCUT2D eigenvalue weighted by atomic mass is 9.95. The summed E-state index contributed by atoms with van der Waals surface area (Å²) in [6.07, 6.45) is 2.85. The number of pyridine rings is 1. The molecule has 1 N–H and O–H groups in total. The van der Waals surface area contributed by atoms with Crippen molar-refractivity contribution in [3.63, 3.8) is 0 Å². The Morgan fingerprint density at radius 3 is 2.47 bits per heavy atom. The number of aliphatic hydroxyl groups excluding tert-OH is 1. The first-order chi connectivity index (χ1) is 15.3. The highest BCUT2D eigenvalue weighted by Crippen LogP contribution is 2.43. The van der Waals surface area contributed by atoms with Crippen LogP contribution in [-0.4, -0.2) is 28.9 Å². The smallest absolute Gasteiger partial charge is 0.300 e. The molecule has 0 radical (unpaired) electrons. The number of nitrogens with zero attached hydrogens (tertiary/aromatic N) is 2. The van der Waals surface area contributed by atoms with Crippen LogP contribution in [-0.2, 0) is 9.59 Å². The number of ether oxygens (including phenoxy) is 1. The Kier molecular flexibility index (Phi) is 5.63. The predicted molar refractivity (Wildman–Crippen MR) is 113 cm³/mol. The zero-order chi connectivity index (χ0) is 23.0. The largest absolute Gasteiger partial charge is 0.507 e. The van der Waals surface area contributed by atoms with E-state index in [1.165, 1.54) is 43.8 Å². The third kappa shape index (κ3) is 3.58. The van der Waals surface area contributed by atoms with Crippen LogP contribution in [0.5, 0.6) is 5.75 Å². The molecule has 162 valence electrons. The number of benzene rings is 2. The highest BCUT2D eigenvalue weighted by Gasteiger charge is 2.48. The van der Waals surface area contributed by atoms with Gasteiger partial charge >= 0.3 is 0 Å². The number of ketones is 1. The van der Waals surface area contributed by atoms with E-state index in [4.69, 9.17) is 16.3 Å². The van der Waals surface area contributed by atoms with Gasteiger partial charge in [-0.2, -0.15) is 0 Å². The molecule has 4 rings (SSSR count). The number of Topliss-reactive ketones (excluding diaryl/α,β-unsaturated/α-hetero) is 1. The average molecular weight is 457 g/mol. The first-order valence-corrected chi connectivity index (χ1v) is 9.71. The van der Waals surface area contributed by atoms with Crippen molar-refractivity contribution in [3.8, 4) is 5.75 Å². The molecule has 0 aliphatic carbocycles. The van der Waals surface area contributed by atoms with Gasteiger partial charge in [0.2, 0.25) is 0 Å². The number of anilines is 1. The summed E-state index contributed by atoms with van der Waals surface area (Å²) in [5, 5.41) is 11.2. The molecule has 2 aromatic carbocycles. The maximum atomic E-state index is 14.6. The fourth-order valence-corrected chi connectivity index (χ4v) is 3.78. The quantitative estimate of drug-likeness (QED) is 0.351. The molecule has 9 heteroatoms. The first-order valence-electron chi connectivity index (χ1n) is 9.33. The van der Waals surface area contributed by atoms with E-state index in [9.17, 15) is 23.5 Å². The standard InChI is InChI=1S/C23H15ClF2N2O4/c1-32-14-3-4-16(24)15(11-14)21(29)19-20(12-6-8-27-9-7-12)28(23(31)22(19)30)18-5-2-13(25)10-17(18)26/h2-11,20,29H,1H3/b21-19+. The molecular formula is C23H15ClF2N2O4. The van der Waals surface area contributed by atoms with Crippen LogP contribution in [0.3, 0.4) is 0 Å². The molecule has 0 saturated carbocycles. The number of amides is 1. The maximum absolute atomic E-state index is 14.6. The van der Waals surface area contributed by atoms with Crippen molar-refractivity contribution in [1.29, 1.82) is 0 Å². The van der Waals surface area contributed by atoms with Gasteiger partial charge in [0.1, 0.15) is 23.1 Å². The third-order valence-corrected chi connectivity index (χ3v) is 5.39. The minimum absolute atomic E-state index is 0.0580. The topological polar surface area (TPSA) is 79.7 Å². The van der Waals surface area contributed by atoms with E-state index >= 15 is 0 Å². The lowest BCUT2D eigenvalue weighted by Crippen LogP contribution is -2.30. The minimum Gasteiger partial charge on any atom is -0.507 e. The highest BCUT2D eigenvalue weighted by molar-refractivity contribution is 6.52. The fraction of sp³-hybridized carbons (Fsp3) is 0.0870. The molecule has 1 aliphatic rings. The zero-order valence-electron chi connectivity index (χ0n) is 16.6. The number of carbonyl (C=O) groups is 2. The number of rotatable bonds is 4. The zero-order valence-corrected chi connectivity index (χ0v) is 17.3. The number of aliphatic hydroxyl groups is 1. The van der Waals surface area contributed by atoms with Crippen LogP contribution < -0.4 is 9.64 Å². The first kappa shape index (κ1) is 21.5. The Morgan fingerprint density at radius 1 is 1.09 bits per heavy atom. The highest BCUT2D eigenvalue weighted by atomic mass is 35.5. The summed E-state index contributed by atoms with van der Waals surface area (Å²) in [5.41, 5.74) is -0.183. The van der Waals surface area contributed by atoms with Crippen molar-refractivity contribution in [2.75, 3.05) is 12.0 Å². The van der Waals surface area contributed by atoms with Gasteiger partial charge in [-0.15, -0.1) is 0 Å². The Morgan fingerprint density at radius 2 is 1.81 bits per heavy atom. The second-order valence-corrected chi connectivity index (χ2v) is 7.30. The lowest BCUT2D eigenvalue weighted by molar-refractivity contribution is -0.132.